The highest BCUT2D eigenvalue weighted by molar-refractivity contribution is 5.79. The Morgan fingerprint density at radius 1 is 1.33 bits per heavy atom. The molecular weight excluding hydrogens is 262 g/mol. The second kappa shape index (κ2) is 7.91. The van der Waals surface area contributed by atoms with Gasteiger partial charge in [0.05, 0.1) is 6.10 Å². The number of nitrogens with one attached hydrogen (secondary N) is 2. The van der Waals surface area contributed by atoms with Crippen molar-refractivity contribution >= 4 is 5.96 Å². The average molecular weight is 289 g/mol. The van der Waals surface area contributed by atoms with E-state index in [0.29, 0.717) is 6.04 Å². The summed E-state index contributed by atoms with van der Waals surface area (Å²) < 4.78 is 5.72. The van der Waals surface area contributed by atoms with Gasteiger partial charge >= 0.3 is 0 Å². The first kappa shape index (κ1) is 15.7. The molecule has 4 nitrogen and oxygen atoms in total. The Morgan fingerprint density at radius 2 is 2.10 bits per heavy atom. The highest BCUT2D eigenvalue weighted by Gasteiger charge is 2.15. The molecule has 1 aromatic carbocycles. The molecule has 1 saturated carbocycles. The van der Waals surface area contributed by atoms with Crippen molar-refractivity contribution in [1.82, 2.24) is 10.6 Å². The number of benzene rings is 1. The molecule has 116 valence electrons. The van der Waals surface area contributed by atoms with Crippen LogP contribution in [0.1, 0.15) is 45.1 Å². The lowest BCUT2D eigenvalue weighted by Crippen LogP contribution is -2.41. The van der Waals surface area contributed by atoms with Crippen molar-refractivity contribution in [3.05, 3.63) is 29.8 Å². The fourth-order valence-corrected chi connectivity index (χ4v) is 2.64. The van der Waals surface area contributed by atoms with Gasteiger partial charge in [-0.2, -0.15) is 0 Å². The molecule has 0 unspecified atom stereocenters. The zero-order chi connectivity index (χ0) is 15.1. The summed E-state index contributed by atoms with van der Waals surface area (Å²) in [6.45, 7) is 4.83. The molecule has 0 saturated heterocycles. The Kier molecular flexibility index (Phi) is 5.90. The predicted octanol–water partition coefficient (Wildman–Crippen LogP) is 3.08. The molecule has 2 N–H and O–H groups in total. The average Bonchev–Trinajstić information content (AvgIpc) is 2.96. The lowest BCUT2D eigenvalue weighted by Gasteiger charge is -2.17. The summed E-state index contributed by atoms with van der Waals surface area (Å²) in [7, 11) is 1.82. The van der Waals surface area contributed by atoms with E-state index in [0.717, 1.165) is 18.3 Å². The van der Waals surface area contributed by atoms with E-state index in [2.05, 4.69) is 27.8 Å². The maximum Gasteiger partial charge on any atom is 0.191 e. The summed E-state index contributed by atoms with van der Waals surface area (Å²) in [5.74, 6) is 1.81. The van der Waals surface area contributed by atoms with Crippen molar-refractivity contribution in [2.24, 2.45) is 4.99 Å². The van der Waals surface area contributed by atoms with Gasteiger partial charge in [-0.1, -0.05) is 25.0 Å². The number of hydrogen-bond donors (Lipinski definition) is 2. The van der Waals surface area contributed by atoms with E-state index >= 15 is 0 Å². The van der Waals surface area contributed by atoms with Crippen LogP contribution < -0.4 is 15.4 Å². The SMILES string of the molecule is CN=C(NCc1cccc(OC(C)C)c1)NC1CCCC1. The predicted molar refractivity (Wildman–Crippen MR) is 87.8 cm³/mol. The fourth-order valence-electron chi connectivity index (χ4n) is 2.64. The molecule has 1 aliphatic rings. The monoisotopic (exact) mass is 289 g/mol. The number of ether oxygens (including phenoxy) is 1. The van der Waals surface area contributed by atoms with Gasteiger partial charge in [-0.25, -0.2) is 0 Å². The Hall–Kier alpha value is -1.71. The van der Waals surface area contributed by atoms with Crippen molar-refractivity contribution in [2.75, 3.05) is 7.05 Å². The van der Waals surface area contributed by atoms with Gasteiger partial charge in [0.1, 0.15) is 5.75 Å². The molecule has 0 aliphatic heterocycles. The number of rotatable bonds is 5. The summed E-state index contributed by atoms with van der Waals surface area (Å²) >= 11 is 0. The molecule has 0 radical (unpaired) electrons. The maximum atomic E-state index is 5.72. The van der Waals surface area contributed by atoms with Crippen LogP contribution in [0.3, 0.4) is 0 Å². The highest BCUT2D eigenvalue weighted by atomic mass is 16.5. The number of hydrogen-bond acceptors (Lipinski definition) is 2. The molecule has 0 aromatic heterocycles. The lowest BCUT2D eigenvalue weighted by molar-refractivity contribution is 0.242. The largest absolute Gasteiger partial charge is 0.491 e. The molecule has 4 heteroatoms. The van der Waals surface area contributed by atoms with Crippen molar-refractivity contribution in [2.45, 2.75) is 58.2 Å². The van der Waals surface area contributed by atoms with E-state index in [9.17, 15) is 0 Å². The summed E-state index contributed by atoms with van der Waals surface area (Å²) in [4.78, 5) is 4.30. The normalized spacial score (nSPS) is 16.3. The van der Waals surface area contributed by atoms with E-state index in [1.165, 1.54) is 31.2 Å². The number of aliphatic imine (C=N–C) groups is 1. The Bertz CT molecular complexity index is 465. The number of nitrogens with zero attached hydrogens (tertiary/aromatic N) is 1. The summed E-state index contributed by atoms with van der Waals surface area (Å²) in [5, 5.41) is 6.87. The second-order valence-electron chi connectivity index (χ2n) is 5.87. The molecular formula is C17H27N3O. The third kappa shape index (κ3) is 5.29. The van der Waals surface area contributed by atoms with E-state index < -0.39 is 0 Å². The molecule has 0 heterocycles. The molecule has 1 aromatic rings. The minimum absolute atomic E-state index is 0.199. The number of guanidine groups is 1. The smallest absolute Gasteiger partial charge is 0.191 e. The van der Waals surface area contributed by atoms with E-state index in [-0.39, 0.29) is 6.10 Å². The first-order chi connectivity index (χ1) is 10.2. The van der Waals surface area contributed by atoms with Crippen molar-refractivity contribution in [3.63, 3.8) is 0 Å². The molecule has 1 aliphatic carbocycles. The van der Waals surface area contributed by atoms with Crippen LogP contribution in [0.15, 0.2) is 29.3 Å². The van der Waals surface area contributed by atoms with Crippen LogP contribution in [0.4, 0.5) is 0 Å². The van der Waals surface area contributed by atoms with E-state index in [1.807, 2.05) is 33.0 Å². The van der Waals surface area contributed by atoms with Crippen LogP contribution >= 0.6 is 0 Å². The van der Waals surface area contributed by atoms with Crippen molar-refractivity contribution in [1.29, 1.82) is 0 Å². The molecule has 2 rings (SSSR count). The molecule has 0 amide bonds. The quantitative estimate of drug-likeness (QED) is 0.647. The topological polar surface area (TPSA) is 45.7 Å². The van der Waals surface area contributed by atoms with Gasteiger partial charge in [-0.3, -0.25) is 4.99 Å². The molecule has 21 heavy (non-hydrogen) atoms. The molecule has 0 spiro atoms. The van der Waals surface area contributed by atoms with E-state index in [1.54, 1.807) is 0 Å². The van der Waals surface area contributed by atoms with Crippen LogP contribution in [-0.4, -0.2) is 25.2 Å². The van der Waals surface area contributed by atoms with Gasteiger partial charge in [0.25, 0.3) is 0 Å². The Morgan fingerprint density at radius 3 is 2.76 bits per heavy atom. The molecule has 1 fully saturated rings. The Labute approximate surface area is 128 Å². The third-order valence-electron chi connectivity index (χ3n) is 3.65. The van der Waals surface area contributed by atoms with Crippen LogP contribution in [0.5, 0.6) is 5.75 Å². The minimum Gasteiger partial charge on any atom is -0.491 e. The highest BCUT2D eigenvalue weighted by Crippen LogP contribution is 2.17. The van der Waals surface area contributed by atoms with Gasteiger partial charge < -0.3 is 15.4 Å². The van der Waals surface area contributed by atoms with Crippen molar-refractivity contribution in [3.8, 4) is 5.75 Å². The van der Waals surface area contributed by atoms with Gasteiger partial charge in [0, 0.05) is 19.6 Å². The van der Waals surface area contributed by atoms with Crippen LogP contribution in [0, 0.1) is 0 Å². The third-order valence-corrected chi connectivity index (χ3v) is 3.65. The summed E-state index contributed by atoms with van der Waals surface area (Å²) in [5.41, 5.74) is 1.20. The minimum atomic E-state index is 0.199. The fraction of sp³-hybridized carbons (Fsp3) is 0.588. The standard InChI is InChI=1S/C17H27N3O/c1-13(2)21-16-10-6-7-14(11-16)12-19-17(18-3)20-15-8-4-5-9-15/h6-7,10-11,13,15H,4-5,8-9,12H2,1-3H3,(H2,18,19,20). The van der Waals surface area contributed by atoms with Gasteiger partial charge in [0.15, 0.2) is 5.96 Å². The first-order valence-electron chi connectivity index (χ1n) is 7.90. The molecule has 0 bridgehead atoms. The van der Waals surface area contributed by atoms with Crippen LogP contribution in [0.2, 0.25) is 0 Å². The zero-order valence-corrected chi connectivity index (χ0v) is 13.4. The van der Waals surface area contributed by atoms with E-state index in [4.69, 9.17) is 4.74 Å². The maximum absolute atomic E-state index is 5.72. The summed E-state index contributed by atoms with van der Waals surface area (Å²) in [6.07, 6.45) is 5.34. The van der Waals surface area contributed by atoms with Crippen LogP contribution in [-0.2, 0) is 6.54 Å². The van der Waals surface area contributed by atoms with Crippen molar-refractivity contribution < 1.29 is 4.74 Å². The van der Waals surface area contributed by atoms with Gasteiger partial charge in [-0.15, -0.1) is 0 Å². The molecule has 0 atom stereocenters. The second-order valence-corrected chi connectivity index (χ2v) is 5.87. The van der Waals surface area contributed by atoms with Gasteiger partial charge in [0.2, 0.25) is 0 Å². The van der Waals surface area contributed by atoms with Gasteiger partial charge in [-0.05, 0) is 44.4 Å². The lowest BCUT2D eigenvalue weighted by atomic mass is 10.2. The first-order valence-corrected chi connectivity index (χ1v) is 7.90. The zero-order valence-electron chi connectivity index (χ0n) is 13.4. The summed E-state index contributed by atoms with van der Waals surface area (Å²) in [6, 6.07) is 8.78. The Balaban J connectivity index is 1.85. The van der Waals surface area contributed by atoms with Crippen LogP contribution in [0.25, 0.3) is 0 Å².